The average Bonchev–Trinajstić information content (AvgIpc) is 2.95. The first-order valence-corrected chi connectivity index (χ1v) is 8.71. The molecule has 2 aromatic carbocycles. The number of anilines is 1. The van der Waals surface area contributed by atoms with Crippen molar-refractivity contribution >= 4 is 29.2 Å². The van der Waals surface area contributed by atoms with Gasteiger partial charge in [-0.05, 0) is 23.8 Å². The third-order valence-corrected chi connectivity index (χ3v) is 4.59. The summed E-state index contributed by atoms with van der Waals surface area (Å²) in [6.07, 6.45) is 0. The molecule has 3 aromatic rings. The Morgan fingerprint density at radius 3 is 2.50 bits per heavy atom. The fraction of sp³-hybridized carbons (Fsp3) is 0.0500. The Balaban J connectivity index is 1.83. The summed E-state index contributed by atoms with van der Waals surface area (Å²) in [6.45, 7) is 0.258. The van der Waals surface area contributed by atoms with Gasteiger partial charge in [-0.1, -0.05) is 41.9 Å². The lowest BCUT2D eigenvalue weighted by Crippen LogP contribution is -2.24. The highest BCUT2D eigenvalue weighted by molar-refractivity contribution is 6.30. The minimum absolute atomic E-state index is 0.0430. The van der Waals surface area contributed by atoms with Gasteiger partial charge in [0.15, 0.2) is 0 Å². The van der Waals surface area contributed by atoms with Gasteiger partial charge in [0, 0.05) is 11.1 Å². The van der Waals surface area contributed by atoms with Gasteiger partial charge in [-0.2, -0.15) is 0 Å². The molecule has 4 rings (SSSR count). The van der Waals surface area contributed by atoms with E-state index in [1.54, 1.807) is 12.1 Å². The number of ether oxygens (including phenoxy) is 1. The molecule has 7 nitrogen and oxygen atoms in total. The molecular formula is C20H14ClN3O4. The number of hydrogen-bond acceptors (Lipinski definition) is 5. The third kappa shape index (κ3) is 3.01. The Labute approximate surface area is 164 Å². The van der Waals surface area contributed by atoms with E-state index in [9.17, 15) is 14.4 Å². The van der Waals surface area contributed by atoms with Crippen molar-refractivity contribution in [3.8, 4) is 11.4 Å². The molecule has 2 heterocycles. The van der Waals surface area contributed by atoms with Gasteiger partial charge in [0.25, 0.3) is 17.4 Å². The minimum atomic E-state index is -0.653. The maximum absolute atomic E-state index is 12.7. The van der Waals surface area contributed by atoms with Crippen LogP contribution in [0.1, 0.15) is 26.3 Å². The molecule has 0 bridgehead atoms. The van der Waals surface area contributed by atoms with Crippen LogP contribution in [0.3, 0.4) is 0 Å². The van der Waals surface area contributed by atoms with Gasteiger partial charge in [-0.15, -0.1) is 0 Å². The third-order valence-electron chi connectivity index (χ3n) is 4.35. The van der Waals surface area contributed by atoms with Crippen molar-refractivity contribution in [2.45, 2.75) is 6.61 Å². The zero-order valence-corrected chi connectivity index (χ0v) is 15.2. The summed E-state index contributed by atoms with van der Waals surface area (Å²) in [5.74, 6) is -1.10. The summed E-state index contributed by atoms with van der Waals surface area (Å²) in [6, 6.07) is 15.3. The number of halogens is 1. The second-order valence-electron chi connectivity index (χ2n) is 6.16. The summed E-state index contributed by atoms with van der Waals surface area (Å²) in [7, 11) is 0. The van der Waals surface area contributed by atoms with E-state index in [0.29, 0.717) is 10.8 Å². The van der Waals surface area contributed by atoms with Crippen molar-refractivity contribution in [2.24, 2.45) is 0 Å². The first-order valence-electron chi connectivity index (χ1n) is 8.33. The normalized spacial score (nSPS) is 12.6. The predicted octanol–water partition coefficient (Wildman–Crippen LogP) is 2.54. The molecule has 2 amide bonds. The number of pyridine rings is 1. The Hall–Kier alpha value is -3.58. The van der Waals surface area contributed by atoms with Crippen LogP contribution in [0.4, 0.5) is 5.82 Å². The van der Waals surface area contributed by atoms with E-state index >= 15 is 0 Å². The fourth-order valence-electron chi connectivity index (χ4n) is 3.05. The van der Waals surface area contributed by atoms with Crippen LogP contribution >= 0.6 is 11.6 Å². The summed E-state index contributed by atoms with van der Waals surface area (Å²) >= 11 is 6.11. The Morgan fingerprint density at radius 1 is 1.00 bits per heavy atom. The monoisotopic (exact) mass is 395 g/mol. The lowest BCUT2D eigenvalue weighted by atomic mass is 10.1. The minimum Gasteiger partial charge on any atom is -0.487 e. The molecular weight excluding hydrogens is 382 g/mol. The summed E-state index contributed by atoms with van der Waals surface area (Å²) in [5, 5.41) is 2.49. The van der Waals surface area contributed by atoms with Crippen molar-refractivity contribution in [2.75, 3.05) is 5.73 Å². The van der Waals surface area contributed by atoms with Crippen molar-refractivity contribution in [3.63, 3.8) is 0 Å². The van der Waals surface area contributed by atoms with Crippen LogP contribution in [0, 0.1) is 0 Å². The number of imide groups is 1. The molecule has 0 unspecified atom stereocenters. The van der Waals surface area contributed by atoms with Crippen LogP contribution in [0.5, 0.6) is 5.75 Å². The number of benzene rings is 2. The Morgan fingerprint density at radius 2 is 1.75 bits per heavy atom. The number of nitrogens with two attached hydrogens (primary N) is 1. The number of nitrogens with zero attached hydrogens (tertiary/aromatic N) is 1. The number of rotatable bonds is 4. The fourth-order valence-corrected chi connectivity index (χ4v) is 3.22. The average molecular weight is 396 g/mol. The number of aromatic nitrogens is 1. The highest BCUT2D eigenvalue weighted by Gasteiger charge is 2.32. The molecule has 8 heteroatoms. The maximum Gasteiger partial charge on any atom is 0.262 e. The van der Waals surface area contributed by atoms with Crippen LogP contribution in [-0.2, 0) is 6.61 Å². The summed E-state index contributed by atoms with van der Waals surface area (Å²) < 4.78 is 6.98. The van der Waals surface area contributed by atoms with Crippen LogP contribution in [0.15, 0.2) is 59.4 Å². The number of carbonyl (C=O) groups excluding carboxylic acids is 2. The molecule has 28 heavy (non-hydrogen) atoms. The molecule has 0 spiro atoms. The molecule has 1 aliphatic heterocycles. The zero-order chi connectivity index (χ0) is 19.8. The van der Waals surface area contributed by atoms with Gasteiger partial charge in [0.2, 0.25) is 0 Å². The van der Waals surface area contributed by atoms with Crippen LogP contribution in [0.2, 0.25) is 5.02 Å². The molecule has 1 aromatic heterocycles. The molecule has 0 saturated heterocycles. The second-order valence-corrected chi connectivity index (χ2v) is 6.60. The van der Waals surface area contributed by atoms with E-state index in [1.807, 2.05) is 30.3 Å². The van der Waals surface area contributed by atoms with E-state index in [0.717, 1.165) is 16.2 Å². The summed E-state index contributed by atoms with van der Waals surface area (Å²) in [5.41, 5.74) is 6.65. The van der Waals surface area contributed by atoms with Gasteiger partial charge in [0.1, 0.15) is 18.2 Å². The van der Waals surface area contributed by atoms with Gasteiger partial charge in [-0.3, -0.25) is 24.3 Å². The van der Waals surface area contributed by atoms with Crippen LogP contribution in [-0.4, -0.2) is 16.4 Å². The van der Waals surface area contributed by atoms with E-state index in [1.165, 1.54) is 6.07 Å². The molecule has 0 atom stereocenters. The number of nitrogens with one attached hydrogen (secondary N) is 1. The Kier molecular flexibility index (Phi) is 4.37. The number of carbonyl (C=O) groups is 2. The number of amides is 2. The van der Waals surface area contributed by atoms with E-state index in [-0.39, 0.29) is 29.2 Å². The van der Waals surface area contributed by atoms with Crippen molar-refractivity contribution in [3.05, 3.63) is 86.7 Å². The number of fused-ring (bicyclic) bond motifs is 1. The van der Waals surface area contributed by atoms with E-state index in [2.05, 4.69) is 5.32 Å². The standard InChI is InChI=1S/C20H14ClN3O4/c21-12-6-7-15(28-10-11-4-2-1-3-5-11)14(8-12)24-16(25)9-13-17(18(24)22)20(27)23-19(13)26/h1-9H,10,22H2,(H,23,26,27). The Bertz CT molecular complexity index is 1170. The largest absolute Gasteiger partial charge is 0.487 e. The topological polar surface area (TPSA) is 103 Å². The molecule has 1 aliphatic rings. The lowest BCUT2D eigenvalue weighted by molar-refractivity contribution is 0.0880. The molecule has 0 aliphatic carbocycles. The SMILES string of the molecule is Nc1c2c(cc(=O)n1-c1cc(Cl)ccc1OCc1ccccc1)C(=O)NC2=O. The van der Waals surface area contributed by atoms with Gasteiger partial charge >= 0.3 is 0 Å². The smallest absolute Gasteiger partial charge is 0.262 e. The van der Waals surface area contributed by atoms with Crippen molar-refractivity contribution in [1.82, 2.24) is 9.88 Å². The van der Waals surface area contributed by atoms with Gasteiger partial charge in [0.05, 0.1) is 16.8 Å². The van der Waals surface area contributed by atoms with Gasteiger partial charge < -0.3 is 10.5 Å². The van der Waals surface area contributed by atoms with Gasteiger partial charge in [-0.25, -0.2) is 0 Å². The first kappa shape index (κ1) is 17.8. The van der Waals surface area contributed by atoms with Crippen LogP contribution in [0.25, 0.3) is 5.69 Å². The first-order chi connectivity index (χ1) is 13.5. The van der Waals surface area contributed by atoms with Crippen molar-refractivity contribution in [1.29, 1.82) is 0 Å². The highest BCUT2D eigenvalue weighted by Crippen LogP contribution is 2.30. The number of nitrogen functional groups attached to an aromatic ring is 1. The maximum atomic E-state index is 12.7. The second kappa shape index (κ2) is 6.86. The predicted molar refractivity (Wildman–Crippen MR) is 104 cm³/mol. The van der Waals surface area contributed by atoms with E-state index < -0.39 is 17.4 Å². The molecule has 140 valence electrons. The molecule has 0 radical (unpaired) electrons. The molecule has 0 saturated carbocycles. The molecule has 0 fully saturated rings. The quantitative estimate of drug-likeness (QED) is 0.661. The molecule has 3 N–H and O–H groups in total. The number of hydrogen-bond donors (Lipinski definition) is 2. The zero-order valence-electron chi connectivity index (χ0n) is 14.4. The van der Waals surface area contributed by atoms with E-state index in [4.69, 9.17) is 22.1 Å². The van der Waals surface area contributed by atoms with Crippen LogP contribution < -0.4 is 21.3 Å². The lowest BCUT2D eigenvalue weighted by Gasteiger charge is -2.16. The highest BCUT2D eigenvalue weighted by atomic mass is 35.5. The van der Waals surface area contributed by atoms with Crippen molar-refractivity contribution < 1.29 is 14.3 Å². The summed E-state index contributed by atoms with van der Waals surface area (Å²) in [4.78, 5) is 36.6.